The normalized spacial score (nSPS) is 18.9. The molecule has 0 aliphatic carbocycles. The number of nitrogens with one attached hydrogen (secondary N) is 1. The predicted octanol–water partition coefficient (Wildman–Crippen LogP) is 2.15. The number of nitrogens with two attached hydrogens (primary N) is 1. The van der Waals surface area contributed by atoms with E-state index >= 15 is 0 Å². The molecule has 2 heterocycles. The largest absolute Gasteiger partial charge is 0.337 e. The first kappa shape index (κ1) is 15.7. The number of anilines is 1. The number of nitrogens with zero attached hydrogens (tertiary/aromatic N) is 3. The van der Waals surface area contributed by atoms with Gasteiger partial charge in [0.2, 0.25) is 0 Å². The number of aromatic nitrogens is 2. The Bertz CT molecular complexity index is 503. The van der Waals surface area contributed by atoms with E-state index in [1.807, 2.05) is 18.7 Å². The van der Waals surface area contributed by atoms with E-state index in [1.54, 1.807) is 6.20 Å². The maximum atomic E-state index is 12.8. The molecule has 0 radical (unpaired) electrons. The van der Waals surface area contributed by atoms with Crippen molar-refractivity contribution >= 4 is 11.6 Å². The molecule has 1 aliphatic heterocycles. The Morgan fingerprint density at radius 3 is 2.95 bits per heavy atom. The summed E-state index contributed by atoms with van der Waals surface area (Å²) in [6, 6.07) is 0. The minimum Gasteiger partial charge on any atom is -0.337 e. The van der Waals surface area contributed by atoms with Gasteiger partial charge in [0.25, 0.3) is 5.91 Å². The van der Waals surface area contributed by atoms with Crippen molar-refractivity contribution in [3.05, 3.63) is 17.7 Å². The molecule has 1 fully saturated rings. The third-order valence-corrected chi connectivity index (χ3v) is 4.07. The average molecular weight is 291 g/mol. The van der Waals surface area contributed by atoms with E-state index < -0.39 is 0 Å². The number of hydrazine groups is 1. The van der Waals surface area contributed by atoms with Crippen LogP contribution in [0.5, 0.6) is 0 Å². The molecule has 1 aliphatic rings. The molecular formula is C15H25N5O. The summed E-state index contributed by atoms with van der Waals surface area (Å²) in [5.74, 6) is 6.87. The van der Waals surface area contributed by atoms with Gasteiger partial charge in [-0.2, -0.15) is 0 Å². The fourth-order valence-electron chi connectivity index (χ4n) is 2.67. The van der Waals surface area contributed by atoms with Gasteiger partial charge in [-0.1, -0.05) is 27.2 Å². The van der Waals surface area contributed by atoms with E-state index in [9.17, 15) is 4.79 Å². The van der Waals surface area contributed by atoms with Crippen LogP contribution in [0.15, 0.2) is 6.20 Å². The highest BCUT2D eigenvalue weighted by atomic mass is 16.2. The minimum atomic E-state index is -0.0506. The number of piperidine rings is 1. The molecule has 1 unspecified atom stereocenters. The third-order valence-electron chi connectivity index (χ3n) is 4.07. The van der Waals surface area contributed by atoms with Gasteiger partial charge in [0.1, 0.15) is 5.82 Å². The van der Waals surface area contributed by atoms with Crippen molar-refractivity contribution in [1.82, 2.24) is 14.9 Å². The Kier molecular flexibility index (Phi) is 5.12. The molecule has 0 bridgehead atoms. The number of nitrogen functional groups attached to an aromatic ring is 1. The summed E-state index contributed by atoms with van der Waals surface area (Å²) < 4.78 is 0. The maximum absolute atomic E-state index is 12.8. The second kappa shape index (κ2) is 6.85. The molecule has 1 amide bonds. The fraction of sp³-hybridized carbons (Fsp3) is 0.667. The first-order valence-corrected chi connectivity index (χ1v) is 7.69. The lowest BCUT2D eigenvalue weighted by atomic mass is 9.95. The highest BCUT2D eigenvalue weighted by Gasteiger charge is 2.26. The van der Waals surface area contributed by atoms with Gasteiger partial charge in [0.05, 0.1) is 11.9 Å². The Hall–Kier alpha value is -1.69. The van der Waals surface area contributed by atoms with Crippen LogP contribution in [0.1, 0.15) is 62.3 Å². The van der Waals surface area contributed by atoms with E-state index in [-0.39, 0.29) is 11.8 Å². The monoisotopic (exact) mass is 291 g/mol. The Morgan fingerprint density at radius 1 is 1.57 bits per heavy atom. The second-order valence-corrected chi connectivity index (χ2v) is 5.96. The average Bonchev–Trinajstić information content (AvgIpc) is 2.53. The molecule has 21 heavy (non-hydrogen) atoms. The lowest BCUT2D eigenvalue weighted by molar-refractivity contribution is 0.0665. The van der Waals surface area contributed by atoms with Crippen LogP contribution < -0.4 is 11.3 Å². The van der Waals surface area contributed by atoms with Crippen molar-refractivity contribution in [2.45, 2.75) is 46.0 Å². The van der Waals surface area contributed by atoms with Crippen molar-refractivity contribution in [3.63, 3.8) is 0 Å². The number of carbonyl (C=O) groups excluding carboxylic acids is 1. The van der Waals surface area contributed by atoms with Crippen LogP contribution in [-0.4, -0.2) is 33.9 Å². The van der Waals surface area contributed by atoms with Crippen molar-refractivity contribution in [1.29, 1.82) is 0 Å². The molecule has 0 aromatic carbocycles. The first-order chi connectivity index (χ1) is 10.1. The topological polar surface area (TPSA) is 84.1 Å². The Balaban J connectivity index is 2.26. The second-order valence-electron chi connectivity index (χ2n) is 5.96. The molecule has 3 N–H and O–H groups in total. The summed E-state index contributed by atoms with van der Waals surface area (Å²) in [4.78, 5) is 23.3. The van der Waals surface area contributed by atoms with E-state index in [4.69, 9.17) is 5.84 Å². The molecular weight excluding hydrogens is 266 g/mol. The lowest BCUT2D eigenvalue weighted by Gasteiger charge is -2.32. The molecule has 6 nitrogen and oxygen atoms in total. The number of rotatable bonds is 4. The van der Waals surface area contributed by atoms with Crippen LogP contribution >= 0.6 is 0 Å². The fourth-order valence-corrected chi connectivity index (χ4v) is 2.67. The summed E-state index contributed by atoms with van der Waals surface area (Å²) in [5, 5.41) is 0. The Labute approximate surface area is 126 Å². The standard InChI is InChI=1S/C15H25N5O/c1-4-11-6-5-7-20(9-11)15(21)13-12(19-16)8-17-14(18-13)10(2)3/h8,10-11,19H,4-7,9,16H2,1-3H3. The zero-order valence-electron chi connectivity index (χ0n) is 13.1. The van der Waals surface area contributed by atoms with Crippen molar-refractivity contribution in [3.8, 4) is 0 Å². The number of hydrogen-bond donors (Lipinski definition) is 2. The van der Waals surface area contributed by atoms with Crippen LogP contribution in [0.25, 0.3) is 0 Å². The molecule has 0 saturated carbocycles. The highest BCUT2D eigenvalue weighted by molar-refractivity contribution is 5.97. The minimum absolute atomic E-state index is 0.0506. The molecule has 1 aromatic heterocycles. The van der Waals surface area contributed by atoms with Gasteiger partial charge in [-0.05, 0) is 18.8 Å². The summed E-state index contributed by atoms with van der Waals surface area (Å²) >= 11 is 0. The van der Waals surface area contributed by atoms with Crippen molar-refractivity contribution in [2.75, 3.05) is 18.5 Å². The zero-order chi connectivity index (χ0) is 15.4. The van der Waals surface area contributed by atoms with Crippen LogP contribution in [0.3, 0.4) is 0 Å². The SMILES string of the molecule is CCC1CCCN(C(=O)c2nc(C(C)C)ncc2NN)C1. The molecule has 1 atom stereocenters. The molecule has 0 spiro atoms. The number of hydrogen-bond acceptors (Lipinski definition) is 5. The zero-order valence-corrected chi connectivity index (χ0v) is 13.1. The third kappa shape index (κ3) is 3.50. The number of likely N-dealkylation sites (tertiary alicyclic amines) is 1. The van der Waals surface area contributed by atoms with Crippen LogP contribution in [0, 0.1) is 5.92 Å². The summed E-state index contributed by atoms with van der Waals surface area (Å²) in [7, 11) is 0. The molecule has 1 saturated heterocycles. The van der Waals surface area contributed by atoms with E-state index in [0.29, 0.717) is 23.1 Å². The number of amides is 1. The lowest BCUT2D eigenvalue weighted by Crippen LogP contribution is -2.40. The summed E-state index contributed by atoms with van der Waals surface area (Å²) in [6.07, 6.45) is 4.95. The first-order valence-electron chi connectivity index (χ1n) is 7.69. The van der Waals surface area contributed by atoms with Gasteiger partial charge in [0, 0.05) is 19.0 Å². The van der Waals surface area contributed by atoms with Crippen molar-refractivity contribution < 1.29 is 4.79 Å². The van der Waals surface area contributed by atoms with E-state index in [2.05, 4.69) is 22.3 Å². The van der Waals surface area contributed by atoms with Crippen LogP contribution in [0.2, 0.25) is 0 Å². The molecule has 6 heteroatoms. The van der Waals surface area contributed by atoms with Crippen LogP contribution in [0.4, 0.5) is 5.69 Å². The quantitative estimate of drug-likeness (QED) is 0.656. The predicted molar refractivity (Wildman–Crippen MR) is 82.8 cm³/mol. The van der Waals surface area contributed by atoms with Gasteiger partial charge in [-0.25, -0.2) is 9.97 Å². The highest BCUT2D eigenvalue weighted by Crippen LogP contribution is 2.23. The van der Waals surface area contributed by atoms with Gasteiger partial charge in [-0.3, -0.25) is 10.6 Å². The van der Waals surface area contributed by atoms with E-state index in [1.165, 1.54) is 6.42 Å². The van der Waals surface area contributed by atoms with Crippen LogP contribution in [-0.2, 0) is 0 Å². The molecule has 2 rings (SSSR count). The maximum Gasteiger partial charge on any atom is 0.274 e. The van der Waals surface area contributed by atoms with Crippen molar-refractivity contribution in [2.24, 2.45) is 11.8 Å². The van der Waals surface area contributed by atoms with Gasteiger partial charge < -0.3 is 10.3 Å². The Morgan fingerprint density at radius 2 is 2.33 bits per heavy atom. The summed E-state index contributed by atoms with van der Waals surface area (Å²) in [5.41, 5.74) is 3.41. The van der Waals surface area contributed by atoms with Gasteiger partial charge >= 0.3 is 0 Å². The summed E-state index contributed by atoms with van der Waals surface area (Å²) in [6.45, 7) is 7.79. The number of carbonyl (C=O) groups is 1. The van der Waals surface area contributed by atoms with Gasteiger partial charge in [-0.15, -0.1) is 0 Å². The smallest absolute Gasteiger partial charge is 0.274 e. The van der Waals surface area contributed by atoms with Gasteiger partial charge in [0.15, 0.2) is 5.69 Å². The van der Waals surface area contributed by atoms with E-state index in [0.717, 1.165) is 25.9 Å². The molecule has 116 valence electrons. The molecule has 1 aromatic rings.